The van der Waals surface area contributed by atoms with Crippen LogP contribution in [0.2, 0.25) is 0 Å². The van der Waals surface area contributed by atoms with Gasteiger partial charge in [-0.25, -0.2) is 0 Å². The van der Waals surface area contributed by atoms with Gasteiger partial charge in [0.05, 0.1) is 6.10 Å². The zero-order valence-corrected chi connectivity index (χ0v) is 10.6. The molecule has 0 aromatic heterocycles. The Hall–Kier alpha value is -1.64. The van der Waals surface area contributed by atoms with Crippen LogP contribution in [0, 0.1) is 0 Å². The molecule has 0 saturated carbocycles. The van der Waals surface area contributed by atoms with E-state index in [2.05, 4.69) is 17.4 Å². The zero-order valence-electron chi connectivity index (χ0n) is 10.6. The van der Waals surface area contributed by atoms with Gasteiger partial charge in [0.1, 0.15) is 0 Å². The molecule has 2 atom stereocenters. The lowest BCUT2D eigenvalue weighted by Crippen LogP contribution is -2.31. The Labute approximate surface area is 116 Å². The Kier molecular flexibility index (Phi) is 6.26. The largest absolute Gasteiger partial charge is 0.387 e. The lowest BCUT2D eigenvalue weighted by atomic mass is 10.0. The van der Waals surface area contributed by atoms with Crippen molar-refractivity contribution in [2.75, 3.05) is 0 Å². The average molecular weight is 257 g/mol. The van der Waals surface area contributed by atoms with Crippen molar-refractivity contribution in [1.29, 1.82) is 0 Å². The first-order valence-corrected chi connectivity index (χ1v) is 6.27. The molecule has 2 heteroatoms. The summed E-state index contributed by atoms with van der Waals surface area (Å²) >= 11 is 0. The number of aliphatic hydroxyl groups excluding tert-OH is 1. The molecule has 0 heterocycles. The summed E-state index contributed by atoms with van der Waals surface area (Å²) in [5, 5.41) is 13.6. The van der Waals surface area contributed by atoms with Crippen molar-refractivity contribution in [1.82, 2.24) is 5.32 Å². The number of nitrogens with one attached hydrogen (secondary N) is 1. The van der Waals surface area contributed by atoms with Crippen molar-refractivity contribution in [2.45, 2.75) is 33.0 Å². The molecule has 0 radical (unpaired) electrons. The van der Waals surface area contributed by atoms with Crippen LogP contribution in [0.15, 0.2) is 60.7 Å². The van der Waals surface area contributed by atoms with Gasteiger partial charge in [0.2, 0.25) is 0 Å². The van der Waals surface area contributed by atoms with Crippen LogP contribution in [0.1, 0.15) is 31.6 Å². The van der Waals surface area contributed by atoms with E-state index >= 15 is 0 Å². The molecule has 0 spiro atoms. The molecule has 0 aliphatic heterocycles. The fraction of sp³-hybridized carbons (Fsp3) is 0.294. The van der Waals surface area contributed by atoms with E-state index in [1.54, 1.807) is 0 Å². The fourth-order valence-corrected chi connectivity index (χ4v) is 1.93. The van der Waals surface area contributed by atoms with E-state index in [1.807, 2.05) is 55.5 Å². The van der Waals surface area contributed by atoms with E-state index in [1.165, 1.54) is 5.56 Å². The minimum absolute atomic E-state index is 0. The van der Waals surface area contributed by atoms with E-state index < -0.39 is 6.10 Å². The highest BCUT2D eigenvalue weighted by Crippen LogP contribution is 2.16. The van der Waals surface area contributed by atoms with Crippen molar-refractivity contribution in [3.63, 3.8) is 0 Å². The minimum Gasteiger partial charge on any atom is -0.387 e. The summed E-state index contributed by atoms with van der Waals surface area (Å²) in [4.78, 5) is 0. The molecule has 2 aromatic carbocycles. The number of benzene rings is 2. The highest BCUT2D eigenvalue weighted by molar-refractivity contribution is 5.19. The normalized spacial score (nSPS) is 13.4. The molecule has 0 aliphatic carbocycles. The predicted molar refractivity (Wildman–Crippen MR) is 80.9 cm³/mol. The molecule has 2 aromatic rings. The minimum atomic E-state index is -0.477. The summed E-state index contributed by atoms with van der Waals surface area (Å²) in [6.07, 6.45) is -0.477. The molecule has 2 nitrogen and oxygen atoms in total. The second-order valence-corrected chi connectivity index (χ2v) is 4.51. The SMILES string of the molecule is C.C[C@H](NCc1ccccc1)[C@H](O)c1ccccc1. The number of rotatable bonds is 5. The molecular formula is C17H23NO. The topological polar surface area (TPSA) is 32.3 Å². The van der Waals surface area contributed by atoms with E-state index in [0.29, 0.717) is 0 Å². The van der Waals surface area contributed by atoms with Crippen LogP contribution in [-0.2, 0) is 6.54 Å². The maximum Gasteiger partial charge on any atom is 0.0940 e. The second-order valence-electron chi connectivity index (χ2n) is 4.51. The van der Waals surface area contributed by atoms with Gasteiger partial charge in [0.15, 0.2) is 0 Å². The van der Waals surface area contributed by atoms with Gasteiger partial charge >= 0.3 is 0 Å². The van der Waals surface area contributed by atoms with Gasteiger partial charge in [-0.15, -0.1) is 0 Å². The van der Waals surface area contributed by atoms with Crippen LogP contribution >= 0.6 is 0 Å². The summed E-state index contributed by atoms with van der Waals surface area (Å²) < 4.78 is 0. The number of aliphatic hydroxyl groups is 1. The van der Waals surface area contributed by atoms with Crippen LogP contribution in [-0.4, -0.2) is 11.1 Å². The Morgan fingerprint density at radius 1 is 0.947 bits per heavy atom. The molecule has 0 amide bonds. The van der Waals surface area contributed by atoms with Crippen molar-refractivity contribution in [2.24, 2.45) is 0 Å². The van der Waals surface area contributed by atoms with Crippen LogP contribution in [0.5, 0.6) is 0 Å². The quantitative estimate of drug-likeness (QED) is 0.858. The van der Waals surface area contributed by atoms with Gasteiger partial charge in [-0.2, -0.15) is 0 Å². The third-order valence-corrected chi connectivity index (χ3v) is 3.09. The maximum absolute atomic E-state index is 10.2. The summed E-state index contributed by atoms with van der Waals surface area (Å²) in [7, 11) is 0. The van der Waals surface area contributed by atoms with Crippen LogP contribution in [0.3, 0.4) is 0 Å². The zero-order chi connectivity index (χ0) is 12.8. The molecule has 2 rings (SSSR count). The van der Waals surface area contributed by atoms with Crippen LogP contribution in [0.25, 0.3) is 0 Å². The first-order chi connectivity index (χ1) is 8.77. The second kappa shape index (κ2) is 7.72. The van der Waals surface area contributed by atoms with E-state index in [-0.39, 0.29) is 13.5 Å². The first-order valence-electron chi connectivity index (χ1n) is 6.27. The fourth-order valence-electron chi connectivity index (χ4n) is 1.93. The molecule has 0 saturated heterocycles. The standard InChI is InChI=1S/C16H19NO.CH4/c1-13(16(18)15-10-6-3-7-11-15)17-12-14-8-4-2-5-9-14;/h2-11,13,16-18H,12H2,1H3;1H4/t13-,16-;/m0./s1. The third kappa shape index (κ3) is 4.51. The summed E-state index contributed by atoms with van der Waals surface area (Å²) in [6, 6.07) is 20.0. The molecule has 0 fully saturated rings. The van der Waals surface area contributed by atoms with Gasteiger partial charge in [0.25, 0.3) is 0 Å². The highest BCUT2D eigenvalue weighted by Gasteiger charge is 2.15. The molecule has 102 valence electrons. The summed E-state index contributed by atoms with van der Waals surface area (Å²) in [5.74, 6) is 0. The Balaban J connectivity index is 0.00000180. The van der Waals surface area contributed by atoms with Crippen LogP contribution in [0.4, 0.5) is 0 Å². The van der Waals surface area contributed by atoms with Crippen molar-refractivity contribution in [3.05, 3.63) is 71.8 Å². The highest BCUT2D eigenvalue weighted by atomic mass is 16.3. The Morgan fingerprint density at radius 2 is 1.47 bits per heavy atom. The molecular weight excluding hydrogens is 234 g/mol. The van der Waals surface area contributed by atoms with Crippen molar-refractivity contribution >= 4 is 0 Å². The molecule has 19 heavy (non-hydrogen) atoms. The van der Waals surface area contributed by atoms with Gasteiger partial charge in [-0.3, -0.25) is 0 Å². The molecule has 0 unspecified atom stereocenters. The average Bonchev–Trinajstić information content (AvgIpc) is 2.46. The molecule has 2 N–H and O–H groups in total. The van der Waals surface area contributed by atoms with Gasteiger partial charge in [-0.05, 0) is 18.1 Å². The first kappa shape index (κ1) is 15.4. The molecule has 0 bridgehead atoms. The Morgan fingerprint density at radius 3 is 2.05 bits per heavy atom. The third-order valence-electron chi connectivity index (χ3n) is 3.09. The predicted octanol–water partition coefficient (Wildman–Crippen LogP) is 3.53. The number of hydrogen-bond acceptors (Lipinski definition) is 2. The van der Waals surface area contributed by atoms with E-state index in [9.17, 15) is 5.11 Å². The monoisotopic (exact) mass is 257 g/mol. The summed E-state index contributed by atoms with van der Waals surface area (Å²) in [5.41, 5.74) is 2.18. The number of hydrogen-bond donors (Lipinski definition) is 2. The van der Waals surface area contributed by atoms with Gasteiger partial charge in [0, 0.05) is 12.6 Å². The lowest BCUT2D eigenvalue weighted by molar-refractivity contribution is 0.135. The maximum atomic E-state index is 10.2. The van der Waals surface area contributed by atoms with Gasteiger partial charge in [-0.1, -0.05) is 68.1 Å². The smallest absolute Gasteiger partial charge is 0.0940 e. The molecule has 0 aliphatic rings. The Bertz CT molecular complexity index is 455. The van der Waals surface area contributed by atoms with E-state index in [0.717, 1.165) is 12.1 Å². The van der Waals surface area contributed by atoms with Crippen molar-refractivity contribution < 1.29 is 5.11 Å². The van der Waals surface area contributed by atoms with Crippen LogP contribution < -0.4 is 5.32 Å². The van der Waals surface area contributed by atoms with Gasteiger partial charge < -0.3 is 10.4 Å². The lowest BCUT2D eigenvalue weighted by Gasteiger charge is -2.20. The van der Waals surface area contributed by atoms with Crippen molar-refractivity contribution in [3.8, 4) is 0 Å². The van der Waals surface area contributed by atoms with E-state index in [4.69, 9.17) is 0 Å². The summed E-state index contributed by atoms with van der Waals surface area (Å²) in [6.45, 7) is 2.77.